The second-order valence-electron chi connectivity index (χ2n) is 5.72. The Labute approximate surface area is 131 Å². The summed E-state index contributed by atoms with van der Waals surface area (Å²) in [5, 5.41) is 8.80. The Morgan fingerprint density at radius 2 is 1.77 bits per heavy atom. The molecule has 0 heterocycles. The van der Waals surface area contributed by atoms with Gasteiger partial charge in [0.25, 0.3) is 0 Å². The topological polar surface area (TPSA) is 66.8 Å². The maximum Gasteiger partial charge on any atom is 0.305 e. The van der Waals surface area contributed by atoms with Gasteiger partial charge < -0.3 is 14.7 Å². The Balaban J connectivity index is 2.69. The molecule has 0 saturated carbocycles. The van der Waals surface area contributed by atoms with Crippen molar-refractivity contribution in [2.75, 3.05) is 13.7 Å². The van der Waals surface area contributed by atoms with Crippen molar-refractivity contribution < 1.29 is 19.4 Å². The second-order valence-corrected chi connectivity index (χ2v) is 5.72. The number of methoxy groups -OCH3 is 1. The van der Waals surface area contributed by atoms with Crippen molar-refractivity contribution in [1.29, 1.82) is 0 Å². The van der Waals surface area contributed by atoms with Crippen molar-refractivity contribution in [2.45, 2.75) is 39.7 Å². The molecule has 1 atom stereocenters. The van der Waals surface area contributed by atoms with Crippen molar-refractivity contribution in [3.05, 3.63) is 29.8 Å². The van der Waals surface area contributed by atoms with Gasteiger partial charge in [-0.25, -0.2) is 0 Å². The van der Waals surface area contributed by atoms with E-state index in [2.05, 4.69) is 0 Å². The molecule has 0 aromatic heterocycles. The van der Waals surface area contributed by atoms with Crippen LogP contribution >= 0.6 is 0 Å². The molecule has 0 bridgehead atoms. The number of rotatable bonds is 8. The standard InChI is InChI=1S/C17H25NO4/c1-12(2)18(10-9-16(19)20)17(21)13(3)11-14-5-7-15(22-4)8-6-14/h5-8,12-13H,9-11H2,1-4H3,(H,19,20). The number of carboxylic acids is 1. The first-order valence-electron chi connectivity index (χ1n) is 7.50. The maximum atomic E-state index is 12.5. The molecule has 5 nitrogen and oxygen atoms in total. The van der Waals surface area contributed by atoms with Crippen molar-refractivity contribution >= 4 is 11.9 Å². The molecule has 0 fully saturated rings. The fourth-order valence-corrected chi connectivity index (χ4v) is 2.32. The van der Waals surface area contributed by atoms with Gasteiger partial charge in [0.05, 0.1) is 13.5 Å². The molecular weight excluding hydrogens is 282 g/mol. The molecule has 0 aliphatic rings. The van der Waals surface area contributed by atoms with Gasteiger partial charge in [0.15, 0.2) is 0 Å². The monoisotopic (exact) mass is 307 g/mol. The number of hydrogen-bond acceptors (Lipinski definition) is 3. The fourth-order valence-electron chi connectivity index (χ4n) is 2.32. The number of hydrogen-bond donors (Lipinski definition) is 1. The van der Waals surface area contributed by atoms with Crippen LogP contribution < -0.4 is 4.74 Å². The van der Waals surface area contributed by atoms with E-state index in [1.54, 1.807) is 12.0 Å². The predicted molar refractivity (Wildman–Crippen MR) is 85.0 cm³/mol. The average Bonchev–Trinajstić information content (AvgIpc) is 2.47. The first-order chi connectivity index (χ1) is 10.3. The Morgan fingerprint density at radius 3 is 2.23 bits per heavy atom. The van der Waals surface area contributed by atoms with Crippen LogP contribution in [0.15, 0.2) is 24.3 Å². The number of benzene rings is 1. The van der Waals surface area contributed by atoms with Crippen LogP contribution in [0.25, 0.3) is 0 Å². The van der Waals surface area contributed by atoms with Gasteiger partial charge in [-0.15, -0.1) is 0 Å². The lowest BCUT2D eigenvalue weighted by Crippen LogP contribution is -2.42. The number of carboxylic acid groups (broad SMARTS) is 1. The third-order valence-electron chi connectivity index (χ3n) is 3.60. The molecule has 122 valence electrons. The summed E-state index contributed by atoms with van der Waals surface area (Å²) < 4.78 is 5.11. The predicted octanol–water partition coefficient (Wildman–Crippen LogP) is 2.59. The number of amides is 1. The smallest absolute Gasteiger partial charge is 0.305 e. The number of carbonyl (C=O) groups is 2. The van der Waals surface area contributed by atoms with Gasteiger partial charge in [0.2, 0.25) is 5.91 Å². The summed E-state index contributed by atoms with van der Waals surface area (Å²) in [5.74, 6) is -0.300. The van der Waals surface area contributed by atoms with E-state index in [-0.39, 0.29) is 30.8 Å². The Bertz CT molecular complexity index is 496. The number of carbonyl (C=O) groups excluding carboxylic acids is 1. The van der Waals surface area contributed by atoms with Gasteiger partial charge in [0, 0.05) is 18.5 Å². The van der Waals surface area contributed by atoms with Crippen LogP contribution in [0, 0.1) is 5.92 Å². The zero-order chi connectivity index (χ0) is 16.7. The summed E-state index contributed by atoms with van der Waals surface area (Å²) >= 11 is 0. The van der Waals surface area contributed by atoms with Gasteiger partial charge >= 0.3 is 5.97 Å². The van der Waals surface area contributed by atoms with Crippen molar-refractivity contribution in [3.63, 3.8) is 0 Å². The van der Waals surface area contributed by atoms with E-state index in [0.717, 1.165) is 11.3 Å². The van der Waals surface area contributed by atoms with Crippen molar-refractivity contribution in [1.82, 2.24) is 4.90 Å². The summed E-state index contributed by atoms with van der Waals surface area (Å²) in [6, 6.07) is 7.62. The fraction of sp³-hybridized carbons (Fsp3) is 0.529. The molecule has 1 unspecified atom stereocenters. The van der Waals surface area contributed by atoms with Crippen LogP contribution in [-0.4, -0.2) is 41.6 Å². The number of nitrogens with zero attached hydrogens (tertiary/aromatic N) is 1. The second kappa shape index (κ2) is 8.41. The van der Waals surface area contributed by atoms with E-state index < -0.39 is 5.97 Å². The highest BCUT2D eigenvalue weighted by atomic mass is 16.5. The third-order valence-corrected chi connectivity index (χ3v) is 3.60. The molecule has 1 aromatic rings. The van der Waals surface area contributed by atoms with Crippen LogP contribution in [0.1, 0.15) is 32.8 Å². The van der Waals surface area contributed by atoms with E-state index in [0.29, 0.717) is 6.42 Å². The lowest BCUT2D eigenvalue weighted by Gasteiger charge is -2.29. The summed E-state index contributed by atoms with van der Waals surface area (Å²) in [6.45, 7) is 5.93. The summed E-state index contributed by atoms with van der Waals surface area (Å²) in [6.07, 6.45) is 0.596. The Kier molecular flexibility index (Phi) is 6.89. The SMILES string of the molecule is COc1ccc(CC(C)C(=O)N(CCC(=O)O)C(C)C)cc1. The zero-order valence-electron chi connectivity index (χ0n) is 13.7. The van der Waals surface area contributed by atoms with E-state index in [9.17, 15) is 9.59 Å². The molecule has 1 rings (SSSR count). The minimum Gasteiger partial charge on any atom is -0.497 e. The van der Waals surface area contributed by atoms with Crippen LogP contribution in [0.4, 0.5) is 0 Å². The highest BCUT2D eigenvalue weighted by Gasteiger charge is 2.23. The van der Waals surface area contributed by atoms with Crippen LogP contribution in [0.5, 0.6) is 5.75 Å². The molecule has 1 N–H and O–H groups in total. The van der Waals surface area contributed by atoms with E-state index in [1.807, 2.05) is 45.0 Å². The van der Waals surface area contributed by atoms with Gasteiger partial charge in [-0.3, -0.25) is 9.59 Å². The number of ether oxygens (including phenoxy) is 1. The van der Waals surface area contributed by atoms with Gasteiger partial charge in [-0.1, -0.05) is 19.1 Å². The zero-order valence-corrected chi connectivity index (χ0v) is 13.7. The first-order valence-corrected chi connectivity index (χ1v) is 7.50. The molecule has 22 heavy (non-hydrogen) atoms. The third kappa shape index (κ3) is 5.39. The molecular formula is C17H25NO4. The maximum absolute atomic E-state index is 12.5. The minimum absolute atomic E-state index is 0.00734. The molecule has 0 aliphatic carbocycles. The van der Waals surface area contributed by atoms with Crippen molar-refractivity contribution in [3.8, 4) is 5.75 Å². The number of aliphatic carboxylic acids is 1. The molecule has 1 amide bonds. The summed E-state index contributed by atoms with van der Waals surface area (Å²) in [5.41, 5.74) is 1.06. The van der Waals surface area contributed by atoms with Gasteiger partial charge in [-0.05, 0) is 38.0 Å². The lowest BCUT2D eigenvalue weighted by molar-refractivity contribution is -0.140. The highest BCUT2D eigenvalue weighted by molar-refractivity contribution is 5.79. The van der Waals surface area contributed by atoms with E-state index in [4.69, 9.17) is 9.84 Å². The molecule has 0 aliphatic heterocycles. The summed E-state index contributed by atoms with van der Waals surface area (Å²) in [4.78, 5) is 24.9. The Morgan fingerprint density at radius 1 is 1.18 bits per heavy atom. The average molecular weight is 307 g/mol. The molecule has 1 aromatic carbocycles. The molecule has 0 spiro atoms. The lowest BCUT2D eigenvalue weighted by atomic mass is 9.99. The normalized spacial score (nSPS) is 12.0. The minimum atomic E-state index is -0.888. The quantitative estimate of drug-likeness (QED) is 0.801. The van der Waals surface area contributed by atoms with E-state index in [1.165, 1.54) is 0 Å². The van der Waals surface area contributed by atoms with Gasteiger partial charge in [-0.2, -0.15) is 0 Å². The molecule has 0 radical (unpaired) electrons. The summed E-state index contributed by atoms with van der Waals surface area (Å²) in [7, 11) is 1.62. The van der Waals surface area contributed by atoms with E-state index >= 15 is 0 Å². The van der Waals surface area contributed by atoms with Crippen LogP contribution in [-0.2, 0) is 16.0 Å². The van der Waals surface area contributed by atoms with Gasteiger partial charge in [0.1, 0.15) is 5.75 Å². The first kappa shape index (κ1) is 18.0. The Hall–Kier alpha value is -2.04. The molecule has 5 heteroatoms. The van der Waals surface area contributed by atoms with Crippen LogP contribution in [0.2, 0.25) is 0 Å². The van der Waals surface area contributed by atoms with Crippen LogP contribution in [0.3, 0.4) is 0 Å². The highest BCUT2D eigenvalue weighted by Crippen LogP contribution is 2.17. The molecule has 0 saturated heterocycles. The largest absolute Gasteiger partial charge is 0.497 e. The van der Waals surface area contributed by atoms with Crippen molar-refractivity contribution in [2.24, 2.45) is 5.92 Å².